The van der Waals surface area contributed by atoms with Crippen LogP contribution in [0.1, 0.15) is 18.7 Å². The van der Waals surface area contributed by atoms with E-state index in [1.54, 1.807) is 18.9 Å². The summed E-state index contributed by atoms with van der Waals surface area (Å²) >= 11 is 0. The van der Waals surface area contributed by atoms with Gasteiger partial charge in [-0.1, -0.05) is 5.16 Å². The molecule has 23 heavy (non-hydrogen) atoms. The maximum atomic E-state index is 5.34. The van der Waals surface area contributed by atoms with E-state index < -0.39 is 0 Å². The van der Waals surface area contributed by atoms with Crippen molar-refractivity contribution in [1.29, 1.82) is 0 Å². The molecule has 0 unspecified atom stereocenters. The van der Waals surface area contributed by atoms with Crippen LogP contribution in [0.3, 0.4) is 0 Å². The van der Waals surface area contributed by atoms with Crippen molar-refractivity contribution in [1.82, 2.24) is 29.8 Å². The van der Waals surface area contributed by atoms with E-state index >= 15 is 0 Å². The molecule has 8 heteroatoms. The van der Waals surface area contributed by atoms with Gasteiger partial charge in [-0.05, 0) is 37.4 Å². The van der Waals surface area contributed by atoms with Gasteiger partial charge in [0, 0.05) is 13.1 Å². The zero-order valence-electron chi connectivity index (χ0n) is 12.7. The van der Waals surface area contributed by atoms with E-state index in [4.69, 9.17) is 8.94 Å². The lowest BCUT2D eigenvalue weighted by Gasteiger charge is -2.31. The maximum Gasteiger partial charge on any atom is 0.241 e. The zero-order valence-corrected chi connectivity index (χ0v) is 12.7. The molecule has 0 aliphatic carbocycles. The van der Waals surface area contributed by atoms with Crippen molar-refractivity contribution in [2.75, 3.05) is 13.1 Å². The van der Waals surface area contributed by atoms with Crippen LogP contribution in [0.2, 0.25) is 0 Å². The van der Waals surface area contributed by atoms with Crippen LogP contribution in [0, 0.1) is 5.92 Å². The Morgan fingerprint density at radius 3 is 3.17 bits per heavy atom. The first-order valence-electron chi connectivity index (χ1n) is 7.78. The van der Waals surface area contributed by atoms with Gasteiger partial charge in [-0.3, -0.25) is 9.58 Å². The van der Waals surface area contributed by atoms with Gasteiger partial charge >= 0.3 is 0 Å². The van der Waals surface area contributed by atoms with Crippen LogP contribution in [0.25, 0.3) is 11.6 Å². The summed E-state index contributed by atoms with van der Waals surface area (Å²) in [4.78, 5) is 10.8. The molecule has 0 N–H and O–H groups in total. The summed E-state index contributed by atoms with van der Waals surface area (Å²) in [5, 5.41) is 8.16. The quantitative estimate of drug-likeness (QED) is 0.710. The van der Waals surface area contributed by atoms with Gasteiger partial charge in [0.2, 0.25) is 11.7 Å². The summed E-state index contributed by atoms with van der Waals surface area (Å²) in [6.07, 6.45) is 7.32. The SMILES string of the molecule is c1coc(-c2noc(CN3CCC[C@@H](Cn4cncn4)C3)n2)c1. The molecule has 1 fully saturated rings. The lowest BCUT2D eigenvalue weighted by Crippen LogP contribution is -2.36. The largest absolute Gasteiger partial charge is 0.461 e. The van der Waals surface area contributed by atoms with E-state index in [0.29, 0.717) is 29.9 Å². The number of hydrogen-bond acceptors (Lipinski definition) is 7. The third-order valence-corrected chi connectivity index (χ3v) is 4.08. The minimum atomic E-state index is 0.501. The van der Waals surface area contributed by atoms with Crippen LogP contribution in [-0.2, 0) is 13.1 Å². The Kier molecular flexibility index (Phi) is 3.89. The van der Waals surface area contributed by atoms with Gasteiger partial charge < -0.3 is 8.94 Å². The average Bonchev–Trinajstić information content (AvgIpc) is 3.30. The lowest BCUT2D eigenvalue weighted by molar-refractivity contribution is 0.138. The predicted octanol–water partition coefficient (Wildman–Crippen LogP) is 1.83. The summed E-state index contributed by atoms with van der Waals surface area (Å²) in [5.41, 5.74) is 0. The third kappa shape index (κ3) is 3.31. The molecule has 1 saturated heterocycles. The molecule has 8 nitrogen and oxygen atoms in total. The first-order chi connectivity index (χ1) is 11.4. The average molecular weight is 314 g/mol. The van der Waals surface area contributed by atoms with Gasteiger partial charge in [0.15, 0.2) is 5.76 Å². The van der Waals surface area contributed by atoms with E-state index in [-0.39, 0.29) is 0 Å². The van der Waals surface area contributed by atoms with Crippen LogP contribution in [0.15, 0.2) is 40.0 Å². The summed E-state index contributed by atoms with van der Waals surface area (Å²) in [5.74, 6) is 2.32. The minimum Gasteiger partial charge on any atom is -0.461 e. The van der Waals surface area contributed by atoms with Gasteiger partial charge in [0.05, 0.1) is 12.8 Å². The third-order valence-electron chi connectivity index (χ3n) is 4.08. The van der Waals surface area contributed by atoms with Crippen molar-refractivity contribution in [3.05, 3.63) is 36.9 Å². The van der Waals surface area contributed by atoms with Gasteiger partial charge in [-0.15, -0.1) is 0 Å². The highest BCUT2D eigenvalue weighted by molar-refractivity contribution is 5.44. The van der Waals surface area contributed by atoms with Crippen LogP contribution in [0.5, 0.6) is 0 Å². The summed E-state index contributed by atoms with van der Waals surface area (Å²) in [7, 11) is 0. The number of rotatable bonds is 5. The molecule has 120 valence electrons. The number of piperidine rings is 1. The van der Waals surface area contributed by atoms with Crippen LogP contribution < -0.4 is 0 Å². The van der Waals surface area contributed by atoms with E-state index in [9.17, 15) is 0 Å². The Balaban J connectivity index is 1.37. The molecule has 0 amide bonds. The Bertz CT molecular complexity index is 721. The number of furan rings is 1. The molecular weight excluding hydrogens is 296 g/mol. The summed E-state index contributed by atoms with van der Waals surface area (Å²) in [6.45, 7) is 3.62. The lowest BCUT2D eigenvalue weighted by atomic mass is 9.98. The van der Waals surface area contributed by atoms with E-state index in [1.807, 2.05) is 16.8 Å². The molecule has 0 saturated carbocycles. The Morgan fingerprint density at radius 1 is 1.35 bits per heavy atom. The summed E-state index contributed by atoms with van der Waals surface area (Å²) in [6, 6.07) is 3.63. The van der Waals surface area contributed by atoms with Gasteiger partial charge in [0.1, 0.15) is 12.7 Å². The minimum absolute atomic E-state index is 0.501. The van der Waals surface area contributed by atoms with Crippen molar-refractivity contribution < 1.29 is 8.94 Å². The van der Waals surface area contributed by atoms with E-state index in [1.165, 1.54) is 12.8 Å². The van der Waals surface area contributed by atoms with E-state index in [2.05, 4.69) is 25.1 Å². The molecule has 0 radical (unpaired) electrons. The Morgan fingerprint density at radius 2 is 2.35 bits per heavy atom. The highest BCUT2D eigenvalue weighted by Gasteiger charge is 2.22. The van der Waals surface area contributed by atoms with Crippen molar-refractivity contribution in [2.24, 2.45) is 5.92 Å². The zero-order chi connectivity index (χ0) is 15.5. The van der Waals surface area contributed by atoms with E-state index in [0.717, 1.165) is 19.6 Å². The molecular formula is C15H18N6O2. The molecule has 0 spiro atoms. The molecule has 3 aromatic rings. The van der Waals surface area contributed by atoms with Crippen LogP contribution in [-0.4, -0.2) is 42.9 Å². The molecule has 3 aromatic heterocycles. The standard InChI is InChI=1S/C15H18N6O2/c1-3-12(8-21-11-16-10-17-21)7-20(5-1)9-14-18-15(19-23-14)13-4-2-6-22-13/h2,4,6,10-12H,1,3,5,7-9H2/t12-/m1/s1. The van der Waals surface area contributed by atoms with Crippen molar-refractivity contribution >= 4 is 0 Å². The van der Waals surface area contributed by atoms with Crippen molar-refractivity contribution in [2.45, 2.75) is 25.9 Å². The van der Waals surface area contributed by atoms with Crippen molar-refractivity contribution in [3.8, 4) is 11.6 Å². The maximum absolute atomic E-state index is 5.34. The van der Waals surface area contributed by atoms with Crippen LogP contribution >= 0.6 is 0 Å². The fourth-order valence-electron chi connectivity index (χ4n) is 3.05. The normalized spacial score (nSPS) is 19.2. The first-order valence-corrected chi connectivity index (χ1v) is 7.78. The highest BCUT2D eigenvalue weighted by Crippen LogP contribution is 2.21. The van der Waals surface area contributed by atoms with Crippen LogP contribution in [0.4, 0.5) is 0 Å². The molecule has 4 rings (SSSR count). The number of hydrogen-bond donors (Lipinski definition) is 0. The molecule has 4 heterocycles. The Hall–Kier alpha value is -2.48. The number of nitrogens with zero attached hydrogens (tertiary/aromatic N) is 6. The second-order valence-corrected chi connectivity index (χ2v) is 5.85. The van der Waals surface area contributed by atoms with Gasteiger partial charge in [0.25, 0.3) is 0 Å². The van der Waals surface area contributed by atoms with Crippen molar-refractivity contribution in [3.63, 3.8) is 0 Å². The molecule has 0 aromatic carbocycles. The fourth-order valence-corrected chi connectivity index (χ4v) is 3.05. The number of likely N-dealkylation sites (tertiary alicyclic amines) is 1. The highest BCUT2D eigenvalue weighted by atomic mass is 16.5. The molecule has 1 aliphatic heterocycles. The second-order valence-electron chi connectivity index (χ2n) is 5.85. The molecule has 1 atom stereocenters. The Labute approximate surface area is 133 Å². The summed E-state index contributed by atoms with van der Waals surface area (Å²) < 4.78 is 12.5. The first kappa shape index (κ1) is 14.1. The fraction of sp³-hybridized carbons (Fsp3) is 0.467. The van der Waals surface area contributed by atoms with Gasteiger partial charge in [-0.25, -0.2) is 4.98 Å². The molecule has 1 aliphatic rings. The second kappa shape index (κ2) is 6.33. The topological polar surface area (TPSA) is 86.0 Å². The monoisotopic (exact) mass is 314 g/mol. The molecule has 0 bridgehead atoms. The predicted molar refractivity (Wildman–Crippen MR) is 80.0 cm³/mol. The van der Waals surface area contributed by atoms with Gasteiger partial charge in [-0.2, -0.15) is 10.1 Å². The smallest absolute Gasteiger partial charge is 0.241 e. The number of aromatic nitrogens is 5.